The van der Waals surface area contributed by atoms with Crippen molar-refractivity contribution >= 4 is 35.8 Å². The van der Waals surface area contributed by atoms with E-state index in [0.717, 1.165) is 38.9 Å². The summed E-state index contributed by atoms with van der Waals surface area (Å²) in [5.41, 5.74) is 0.578. The van der Waals surface area contributed by atoms with Gasteiger partial charge in [0.15, 0.2) is 5.96 Å². The molecule has 1 atom stereocenters. The standard InChI is InChI=1S/C20H29FN4O.HI/c1-2-22-20(23-13-16-9-5-6-10-18(16)21)24-17-11-12-25(14-17)19(26)15-7-3-4-8-15;/h5-6,9-10,15,17H,2-4,7-8,11-14H2,1H3,(H2,22,23,24);1H. The molecule has 0 spiro atoms. The van der Waals surface area contributed by atoms with Crippen LogP contribution in [0.2, 0.25) is 0 Å². The zero-order valence-electron chi connectivity index (χ0n) is 15.9. The Hall–Kier alpha value is -1.38. The fraction of sp³-hybridized carbons (Fsp3) is 0.600. The van der Waals surface area contributed by atoms with Crippen LogP contribution in [-0.2, 0) is 11.3 Å². The zero-order valence-corrected chi connectivity index (χ0v) is 18.2. The molecule has 1 aromatic carbocycles. The number of carbonyl (C=O) groups is 1. The van der Waals surface area contributed by atoms with Gasteiger partial charge < -0.3 is 15.5 Å². The van der Waals surface area contributed by atoms with Crippen LogP contribution in [0.25, 0.3) is 0 Å². The van der Waals surface area contributed by atoms with Gasteiger partial charge in [0.2, 0.25) is 5.91 Å². The number of amides is 1. The lowest BCUT2D eigenvalue weighted by Gasteiger charge is -2.21. The molecule has 1 unspecified atom stereocenters. The average molecular weight is 488 g/mol. The first-order valence-electron chi connectivity index (χ1n) is 9.74. The Morgan fingerprint density at radius 2 is 2.00 bits per heavy atom. The minimum absolute atomic E-state index is 0. The number of hydrogen-bond donors (Lipinski definition) is 2. The Kier molecular flexibility index (Phi) is 8.79. The number of halogens is 2. The molecule has 1 aliphatic heterocycles. The molecule has 1 saturated carbocycles. The summed E-state index contributed by atoms with van der Waals surface area (Å²) in [5.74, 6) is 0.994. The minimum atomic E-state index is -0.235. The molecule has 0 radical (unpaired) electrons. The lowest BCUT2D eigenvalue weighted by molar-refractivity contribution is -0.134. The highest BCUT2D eigenvalue weighted by atomic mass is 127. The van der Waals surface area contributed by atoms with Gasteiger partial charge >= 0.3 is 0 Å². The molecule has 0 bridgehead atoms. The normalized spacial score (nSPS) is 20.4. The van der Waals surface area contributed by atoms with E-state index in [1.165, 1.54) is 18.9 Å². The minimum Gasteiger partial charge on any atom is -0.357 e. The number of aliphatic imine (C=N–C) groups is 1. The number of hydrogen-bond acceptors (Lipinski definition) is 2. The number of rotatable bonds is 5. The molecule has 1 amide bonds. The largest absolute Gasteiger partial charge is 0.357 e. The molecule has 3 rings (SSSR count). The molecule has 2 N–H and O–H groups in total. The number of nitrogens with one attached hydrogen (secondary N) is 2. The van der Waals surface area contributed by atoms with Crippen LogP contribution in [0.5, 0.6) is 0 Å². The summed E-state index contributed by atoms with van der Waals surface area (Å²) in [5, 5.41) is 6.62. The third-order valence-electron chi connectivity index (χ3n) is 5.25. The Balaban J connectivity index is 0.00000261. The van der Waals surface area contributed by atoms with Gasteiger partial charge in [0.1, 0.15) is 5.82 Å². The van der Waals surface area contributed by atoms with Crippen LogP contribution >= 0.6 is 24.0 Å². The van der Waals surface area contributed by atoms with E-state index in [-0.39, 0.29) is 41.8 Å². The number of benzene rings is 1. The fourth-order valence-corrected chi connectivity index (χ4v) is 3.81. The average Bonchev–Trinajstić information content (AvgIpc) is 3.32. The Morgan fingerprint density at radius 3 is 2.70 bits per heavy atom. The van der Waals surface area contributed by atoms with Gasteiger partial charge in [-0.25, -0.2) is 9.38 Å². The summed E-state index contributed by atoms with van der Waals surface area (Å²) in [7, 11) is 0. The van der Waals surface area contributed by atoms with Crippen molar-refractivity contribution in [2.24, 2.45) is 10.9 Å². The molecule has 2 fully saturated rings. The van der Waals surface area contributed by atoms with E-state index in [1.54, 1.807) is 12.1 Å². The maximum Gasteiger partial charge on any atom is 0.225 e. The molecule has 1 aliphatic carbocycles. The van der Waals surface area contributed by atoms with Crippen LogP contribution < -0.4 is 10.6 Å². The van der Waals surface area contributed by atoms with Gasteiger partial charge in [0, 0.05) is 37.2 Å². The van der Waals surface area contributed by atoms with Crippen molar-refractivity contribution in [3.8, 4) is 0 Å². The quantitative estimate of drug-likeness (QED) is 0.380. The van der Waals surface area contributed by atoms with Crippen molar-refractivity contribution in [2.75, 3.05) is 19.6 Å². The second kappa shape index (κ2) is 10.8. The molecule has 1 saturated heterocycles. The molecule has 5 nitrogen and oxygen atoms in total. The topological polar surface area (TPSA) is 56.7 Å². The smallest absolute Gasteiger partial charge is 0.225 e. The van der Waals surface area contributed by atoms with Crippen LogP contribution in [0, 0.1) is 11.7 Å². The number of nitrogens with zero attached hydrogens (tertiary/aromatic N) is 2. The summed E-state index contributed by atoms with van der Waals surface area (Å²) >= 11 is 0. The van der Waals surface area contributed by atoms with Crippen molar-refractivity contribution in [1.82, 2.24) is 15.5 Å². The fourth-order valence-electron chi connectivity index (χ4n) is 3.81. The van der Waals surface area contributed by atoms with Gasteiger partial charge in [-0.05, 0) is 32.3 Å². The van der Waals surface area contributed by atoms with Gasteiger partial charge in [-0.15, -0.1) is 24.0 Å². The zero-order chi connectivity index (χ0) is 18.4. The Bertz CT molecular complexity index is 649. The SMILES string of the molecule is CCNC(=NCc1ccccc1F)NC1CCN(C(=O)C2CCCC2)C1.I. The van der Waals surface area contributed by atoms with Gasteiger partial charge in [-0.1, -0.05) is 31.0 Å². The van der Waals surface area contributed by atoms with Crippen molar-refractivity contribution in [2.45, 2.75) is 51.6 Å². The lowest BCUT2D eigenvalue weighted by atomic mass is 10.1. The molecular weight excluding hydrogens is 458 g/mol. The summed E-state index contributed by atoms with van der Waals surface area (Å²) < 4.78 is 13.8. The molecule has 2 aliphatic rings. The first kappa shape index (κ1) is 21.9. The van der Waals surface area contributed by atoms with Gasteiger partial charge in [0.05, 0.1) is 6.54 Å². The van der Waals surface area contributed by atoms with E-state index in [9.17, 15) is 9.18 Å². The van der Waals surface area contributed by atoms with Crippen LogP contribution in [0.1, 0.15) is 44.6 Å². The van der Waals surface area contributed by atoms with E-state index < -0.39 is 0 Å². The van der Waals surface area contributed by atoms with Gasteiger partial charge in [-0.3, -0.25) is 4.79 Å². The van der Waals surface area contributed by atoms with E-state index in [2.05, 4.69) is 15.6 Å². The third kappa shape index (κ3) is 6.05. The first-order valence-corrected chi connectivity index (χ1v) is 9.74. The highest BCUT2D eigenvalue weighted by molar-refractivity contribution is 14.0. The monoisotopic (exact) mass is 488 g/mol. The molecular formula is C20H30FIN4O. The van der Waals surface area contributed by atoms with Crippen molar-refractivity contribution in [1.29, 1.82) is 0 Å². The lowest BCUT2D eigenvalue weighted by Crippen LogP contribution is -2.45. The maximum atomic E-state index is 13.8. The number of likely N-dealkylation sites (tertiary alicyclic amines) is 1. The highest BCUT2D eigenvalue weighted by Gasteiger charge is 2.32. The summed E-state index contributed by atoms with van der Waals surface area (Å²) in [4.78, 5) is 19.1. The Labute approximate surface area is 178 Å². The molecule has 1 aromatic rings. The highest BCUT2D eigenvalue weighted by Crippen LogP contribution is 2.27. The molecule has 7 heteroatoms. The third-order valence-corrected chi connectivity index (χ3v) is 5.25. The number of guanidine groups is 1. The van der Waals surface area contributed by atoms with E-state index in [4.69, 9.17) is 0 Å². The van der Waals surface area contributed by atoms with Crippen LogP contribution in [0.4, 0.5) is 4.39 Å². The van der Waals surface area contributed by atoms with E-state index in [1.807, 2.05) is 17.9 Å². The molecule has 0 aromatic heterocycles. The predicted molar refractivity (Wildman–Crippen MR) is 117 cm³/mol. The summed E-state index contributed by atoms with van der Waals surface area (Å²) in [6.07, 6.45) is 5.36. The van der Waals surface area contributed by atoms with Gasteiger partial charge in [-0.2, -0.15) is 0 Å². The van der Waals surface area contributed by atoms with E-state index >= 15 is 0 Å². The molecule has 27 heavy (non-hydrogen) atoms. The van der Waals surface area contributed by atoms with Crippen LogP contribution in [0.15, 0.2) is 29.3 Å². The maximum absolute atomic E-state index is 13.8. The molecule has 150 valence electrons. The van der Waals surface area contributed by atoms with Crippen LogP contribution in [-0.4, -0.2) is 42.4 Å². The van der Waals surface area contributed by atoms with E-state index in [0.29, 0.717) is 24.0 Å². The molecule has 1 heterocycles. The summed E-state index contributed by atoms with van der Waals surface area (Å²) in [6, 6.07) is 6.89. The predicted octanol–water partition coefficient (Wildman–Crippen LogP) is 3.29. The first-order chi connectivity index (χ1) is 12.7. The number of carbonyl (C=O) groups excluding carboxylic acids is 1. The van der Waals surface area contributed by atoms with Crippen molar-refractivity contribution in [3.05, 3.63) is 35.6 Å². The van der Waals surface area contributed by atoms with Crippen molar-refractivity contribution < 1.29 is 9.18 Å². The van der Waals surface area contributed by atoms with Gasteiger partial charge in [0.25, 0.3) is 0 Å². The van der Waals surface area contributed by atoms with Crippen LogP contribution in [0.3, 0.4) is 0 Å². The second-order valence-corrected chi connectivity index (χ2v) is 7.18. The summed E-state index contributed by atoms with van der Waals surface area (Å²) in [6.45, 7) is 4.56. The van der Waals surface area contributed by atoms with Crippen molar-refractivity contribution in [3.63, 3.8) is 0 Å². The second-order valence-electron chi connectivity index (χ2n) is 7.18. The Morgan fingerprint density at radius 1 is 1.26 bits per heavy atom.